The first kappa shape index (κ1) is 14.4. The van der Waals surface area contributed by atoms with Crippen LogP contribution in [0, 0.1) is 0 Å². The Morgan fingerprint density at radius 1 is 1.38 bits per heavy atom. The molecule has 0 bridgehead atoms. The molecule has 0 spiro atoms. The number of hydrogen-bond acceptors (Lipinski definition) is 1. The minimum atomic E-state index is -0.940. The number of hydrogen-bond donors (Lipinski definition) is 0. The average molecular weight is 369 g/mol. The van der Waals surface area contributed by atoms with Crippen LogP contribution in [0.25, 0.3) is 0 Å². The average Bonchev–Trinajstić information content (AvgIpc) is 1.97. The molecule has 1 aliphatic rings. The topological polar surface area (TPSA) is 20.3 Å². The highest BCUT2D eigenvalue weighted by Crippen LogP contribution is 2.41. The van der Waals surface area contributed by atoms with Gasteiger partial charge >= 0.3 is 0 Å². The Morgan fingerprint density at radius 2 is 1.88 bits per heavy atom. The third-order valence-electron chi connectivity index (χ3n) is 2.93. The van der Waals surface area contributed by atoms with Crippen molar-refractivity contribution >= 4 is 46.6 Å². The molecule has 2 atom stereocenters. The fourth-order valence-electron chi connectivity index (χ4n) is 2.30. The molecule has 1 aliphatic heterocycles. The Hall–Kier alpha value is 0.387. The molecule has 0 aromatic heterocycles. The van der Waals surface area contributed by atoms with E-state index in [1.54, 1.807) is 0 Å². The van der Waals surface area contributed by atoms with Crippen LogP contribution >= 0.6 is 31.9 Å². The van der Waals surface area contributed by atoms with Gasteiger partial charge in [0.15, 0.2) is 0 Å². The van der Waals surface area contributed by atoms with E-state index in [4.69, 9.17) is 0 Å². The van der Waals surface area contributed by atoms with Gasteiger partial charge in [0, 0.05) is 14.3 Å². The molecule has 1 rings (SSSR count). The summed E-state index contributed by atoms with van der Waals surface area (Å²) in [7, 11) is -0.940. The molecule has 1 unspecified atom stereocenters. The lowest BCUT2D eigenvalue weighted by molar-refractivity contribution is -0.151. The molecule has 0 radical (unpaired) electrons. The number of nitrogens with zero attached hydrogens (tertiary/aromatic N) is 1. The fourth-order valence-corrected chi connectivity index (χ4v) is 4.64. The predicted molar refractivity (Wildman–Crippen MR) is 79.0 cm³/mol. The van der Waals surface area contributed by atoms with Gasteiger partial charge in [0.25, 0.3) is 0 Å². The molecular weight excluding hydrogens is 350 g/mol. The smallest absolute Gasteiger partial charge is 0.225 e. The monoisotopic (exact) mass is 367 g/mol. The quantitative estimate of drug-likeness (QED) is 0.539. The fraction of sp³-hybridized carbons (Fsp3) is 0.727. The van der Waals surface area contributed by atoms with Crippen LogP contribution in [0.1, 0.15) is 20.8 Å². The molecule has 1 fully saturated rings. The Kier molecular flexibility index (Phi) is 4.46. The van der Waals surface area contributed by atoms with Crippen LogP contribution in [0.15, 0.2) is 9.47 Å². The van der Waals surface area contributed by atoms with Crippen molar-refractivity contribution in [2.75, 3.05) is 0 Å². The minimum absolute atomic E-state index is 0.0898. The van der Waals surface area contributed by atoms with Crippen LogP contribution in [-0.4, -0.2) is 31.2 Å². The van der Waals surface area contributed by atoms with E-state index in [0.29, 0.717) is 5.91 Å². The normalized spacial score (nSPS) is 25.8. The Bertz CT molecular complexity index is 318. The zero-order valence-electron chi connectivity index (χ0n) is 10.4. The van der Waals surface area contributed by atoms with Gasteiger partial charge in [0.1, 0.15) is 0 Å². The van der Waals surface area contributed by atoms with Gasteiger partial charge in [0.05, 0.1) is 15.0 Å². The van der Waals surface area contributed by atoms with E-state index in [2.05, 4.69) is 71.8 Å². The van der Waals surface area contributed by atoms with E-state index in [9.17, 15) is 4.79 Å². The maximum Gasteiger partial charge on any atom is 0.225 e. The number of amides is 1. The molecule has 0 aromatic rings. The summed E-state index contributed by atoms with van der Waals surface area (Å²) in [5.74, 6) is 0.330. The lowest BCUT2D eigenvalue weighted by Gasteiger charge is -2.54. The predicted octanol–water partition coefficient (Wildman–Crippen LogP) is 3.48. The number of β-lactam (4-membered cyclic amide) rings is 1. The summed E-state index contributed by atoms with van der Waals surface area (Å²) in [6.45, 7) is 10.8. The summed E-state index contributed by atoms with van der Waals surface area (Å²) in [4.78, 5) is 14.1. The molecule has 5 heteroatoms. The minimum Gasteiger partial charge on any atom is -0.331 e. The van der Waals surface area contributed by atoms with Crippen molar-refractivity contribution in [1.29, 1.82) is 0 Å². The van der Waals surface area contributed by atoms with Gasteiger partial charge in [-0.05, 0) is 58.7 Å². The Morgan fingerprint density at radius 3 is 2.19 bits per heavy atom. The third-order valence-corrected chi connectivity index (χ3v) is 5.57. The second kappa shape index (κ2) is 4.94. The molecule has 92 valence electrons. The molecule has 2 nitrogen and oxygen atoms in total. The van der Waals surface area contributed by atoms with Gasteiger partial charge in [0.2, 0.25) is 5.91 Å². The third kappa shape index (κ3) is 2.79. The van der Waals surface area contributed by atoms with Gasteiger partial charge in [-0.15, -0.1) is 0 Å². The number of carbonyl (C=O) groups excluding carboxylic acids is 1. The van der Waals surface area contributed by atoms with Crippen LogP contribution in [0.5, 0.6) is 0 Å². The van der Waals surface area contributed by atoms with E-state index in [0.717, 1.165) is 3.39 Å². The standard InChI is InChI=1S/C11H19Br2NOSi/c1-11(2,3)14-7(6-8(12)13)9(10(14)15)16(4)5/h6-7,9,16H,1-5H3/t7?,9-/m0/s1. The van der Waals surface area contributed by atoms with Crippen molar-refractivity contribution < 1.29 is 4.79 Å². The highest BCUT2D eigenvalue weighted by molar-refractivity contribution is 9.28. The first-order valence-corrected chi connectivity index (χ1v) is 10.1. The van der Waals surface area contributed by atoms with Crippen molar-refractivity contribution in [3.63, 3.8) is 0 Å². The molecule has 1 saturated heterocycles. The van der Waals surface area contributed by atoms with Crippen molar-refractivity contribution in [1.82, 2.24) is 4.90 Å². The number of rotatable bonds is 2. The largest absolute Gasteiger partial charge is 0.331 e. The highest BCUT2D eigenvalue weighted by Gasteiger charge is 2.51. The van der Waals surface area contributed by atoms with E-state index in [-0.39, 0.29) is 17.1 Å². The molecule has 16 heavy (non-hydrogen) atoms. The zero-order chi connectivity index (χ0) is 12.7. The molecular formula is C11H19Br2NOSi. The molecule has 0 aromatic carbocycles. The maximum absolute atomic E-state index is 12.1. The van der Waals surface area contributed by atoms with Crippen molar-refractivity contribution in [2.45, 2.75) is 51.0 Å². The SMILES string of the molecule is C[SiH](C)[C@@H]1C(=O)N(C(C)(C)C)C1C=C(Br)Br. The second-order valence-corrected chi connectivity index (χ2v) is 11.6. The van der Waals surface area contributed by atoms with E-state index in [1.165, 1.54) is 0 Å². The van der Waals surface area contributed by atoms with Crippen LogP contribution in [-0.2, 0) is 4.79 Å². The van der Waals surface area contributed by atoms with Gasteiger partial charge in [-0.1, -0.05) is 13.1 Å². The first-order valence-electron chi connectivity index (χ1n) is 5.52. The number of carbonyl (C=O) groups is 1. The first-order chi connectivity index (χ1) is 7.16. The van der Waals surface area contributed by atoms with E-state index >= 15 is 0 Å². The van der Waals surface area contributed by atoms with Crippen LogP contribution < -0.4 is 0 Å². The van der Waals surface area contributed by atoms with E-state index in [1.807, 2.05) is 4.90 Å². The van der Waals surface area contributed by atoms with Crippen molar-refractivity contribution in [3.05, 3.63) is 9.47 Å². The molecule has 0 saturated carbocycles. The summed E-state index contributed by atoms with van der Waals surface area (Å²) in [6.07, 6.45) is 2.10. The highest BCUT2D eigenvalue weighted by atomic mass is 79.9. The summed E-state index contributed by atoms with van der Waals surface area (Å²) < 4.78 is 0.936. The maximum atomic E-state index is 12.1. The van der Waals surface area contributed by atoms with Gasteiger partial charge in [-0.3, -0.25) is 4.79 Å². The second-order valence-electron chi connectivity index (χ2n) is 5.60. The number of halogens is 2. The molecule has 1 amide bonds. The van der Waals surface area contributed by atoms with Crippen LogP contribution in [0.4, 0.5) is 0 Å². The van der Waals surface area contributed by atoms with Crippen LogP contribution in [0.2, 0.25) is 18.6 Å². The Labute approximate surface area is 116 Å². The van der Waals surface area contributed by atoms with Gasteiger partial charge in [-0.2, -0.15) is 0 Å². The number of likely N-dealkylation sites (tertiary alicyclic amines) is 1. The van der Waals surface area contributed by atoms with Crippen molar-refractivity contribution in [3.8, 4) is 0 Å². The van der Waals surface area contributed by atoms with Crippen molar-refractivity contribution in [2.24, 2.45) is 0 Å². The lowest BCUT2D eigenvalue weighted by Crippen LogP contribution is -2.66. The summed E-state index contributed by atoms with van der Waals surface area (Å²) in [5, 5.41) is 0. The van der Waals surface area contributed by atoms with E-state index < -0.39 is 8.80 Å². The van der Waals surface area contributed by atoms with Gasteiger partial charge < -0.3 is 4.90 Å². The zero-order valence-corrected chi connectivity index (χ0v) is 14.7. The summed E-state index contributed by atoms with van der Waals surface area (Å²) >= 11 is 6.79. The lowest BCUT2D eigenvalue weighted by atomic mass is 9.92. The Balaban J connectivity index is 2.97. The summed E-state index contributed by atoms with van der Waals surface area (Å²) in [6, 6.07) is 0.257. The molecule has 0 aliphatic carbocycles. The van der Waals surface area contributed by atoms with Gasteiger partial charge in [-0.25, -0.2) is 0 Å². The van der Waals surface area contributed by atoms with Crippen LogP contribution in [0.3, 0.4) is 0 Å². The molecule has 0 N–H and O–H groups in total. The molecule has 1 heterocycles. The summed E-state index contributed by atoms with van der Waals surface area (Å²) in [5.41, 5.74) is 0.164.